The van der Waals surface area contributed by atoms with E-state index in [-0.39, 0.29) is 11.5 Å². The van der Waals surface area contributed by atoms with E-state index in [1.807, 2.05) is 13.8 Å². The summed E-state index contributed by atoms with van der Waals surface area (Å²) >= 11 is -2.34. The molecule has 2 rings (SSSR count). The fraction of sp³-hybridized carbons (Fsp3) is 0.250. The number of halogens is 2. The van der Waals surface area contributed by atoms with E-state index in [2.05, 4.69) is 0 Å². The van der Waals surface area contributed by atoms with Crippen molar-refractivity contribution in [3.05, 3.63) is 59.2 Å². The van der Waals surface area contributed by atoms with E-state index in [1.54, 1.807) is 12.1 Å². The van der Waals surface area contributed by atoms with E-state index in [1.165, 1.54) is 24.3 Å². The van der Waals surface area contributed by atoms with Crippen LogP contribution in [0.15, 0.2) is 36.4 Å². The maximum atomic E-state index is 13.7. The van der Waals surface area contributed by atoms with Crippen molar-refractivity contribution in [1.82, 2.24) is 0 Å². The molecule has 0 fully saturated rings. The smallest absolute Gasteiger partial charge is 0.368 e. The number of benzene rings is 2. The summed E-state index contributed by atoms with van der Waals surface area (Å²) in [6.45, 7) is 3.78. The Bertz CT molecular complexity index is 632. The molecule has 0 radical (unpaired) electrons. The van der Waals surface area contributed by atoms with Crippen LogP contribution in [-0.4, -0.2) is 4.21 Å². The fourth-order valence-corrected chi connectivity index (χ4v) is 2.42. The van der Waals surface area contributed by atoms with Gasteiger partial charge in [0.25, 0.3) is 0 Å². The highest BCUT2D eigenvalue weighted by Gasteiger charge is 2.13. The summed E-state index contributed by atoms with van der Waals surface area (Å²) in [5.74, 6) is -1.70. The Balaban J connectivity index is 2.07. The van der Waals surface area contributed by atoms with Crippen LogP contribution >= 0.6 is 0 Å². The van der Waals surface area contributed by atoms with Crippen LogP contribution in [0.25, 0.3) is 0 Å². The van der Waals surface area contributed by atoms with Crippen molar-refractivity contribution >= 4 is 11.4 Å². The standard InChI is InChI=1S/C16H16F2O3S/c1-3-11-5-7-15(13(17)9-11)20-22(19)21-16-8-6-12(4-2)10-14(16)18/h5-10H,3-4H2,1-2H3. The third kappa shape index (κ3) is 4.04. The van der Waals surface area contributed by atoms with Gasteiger partial charge in [-0.2, -0.15) is 4.21 Å². The van der Waals surface area contributed by atoms with Gasteiger partial charge in [0.05, 0.1) is 0 Å². The van der Waals surface area contributed by atoms with E-state index in [9.17, 15) is 13.0 Å². The van der Waals surface area contributed by atoms with Gasteiger partial charge in [-0.1, -0.05) is 26.0 Å². The largest absolute Gasteiger partial charge is 0.417 e. The van der Waals surface area contributed by atoms with Crippen molar-refractivity contribution in [2.24, 2.45) is 0 Å². The number of aryl methyl sites for hydroxylation is 2. The number of hydrogen-bond donors (Lipinski definition) is 0. The fourth-order valence-electron chi connectivity index (χ4n) is 1.83. The Morgan fingerprint density at radius 1 is 0.864 bits per heavy atom. The Morgan fingerprint density at radius 2 is 1.27 bits per heavy atom. The predicted octanol–water partition coefficient (Wildman–Crippen LogP) is 4.13. The Hall–Kier alpha value is -1.95. The average Bonchev–Trinajstić information content (AvgIpc) is 2.51. The molecular weight excluding hydrogens is 310 g/mol. The van der Waals surface area contributed by atoms with Gasteiger partial charge in [-0.25, -0.2) is 8.78 Å². The van der Waals surface area contributed by atoms with Crippen molar-refractivity contribution < 1.29 is 21.4 Å². The molecule has 3 nitrogen and oxygen atoms in total. The van der Waals surface area contributed by atoms with Crippen LogP contribution in [0.2, 0.25) is 0 Å². The van der Waals surface area contributed by atoms with E-state index in [0.717, 1.165) is 11.1 Å². The summed E-state index contributed by atoms with van der Waals surface area (Å²) in [4.78, 5) is 0. The van der Waals surface area contributed by atoms with Crippen LogP contribution < -0.4 is 8.37 Å². The molecule has 6 heteroatoms. The molecule has 0 spiro atoms. The van der Waals surface area contributed by atoms with E-state index in [0.29, 0.717) is 12.8 Å². The molecule has 0 unspecified atom stereocenters. The number of rotatable bonds is 6. The molecular formula is C16H16F2O3S. The molecule has 22 heavy (non-hydrogen) atoms. The second-order valence-corrected chi connectivity index (χ2v) is 5.35. The lowest BCUT2D eigenvalue weighted by atomic mass is 10.2. The first kappa shape index (κ1) is 16.4. The van der Waals surface area contributed by atoms with Crippen molar-refractivity contribution in [2.75, 3.05) is 0 Å². The van der Waals surface area contributed by atoms with E-state index < -0.39 is 23.0 Å². The molecule has 0 amide bonds. The first-order valence-corrected chi connectivity index (χ1v) is 7.88. The summed E-state index contributed by atoms with van der Waals surface area (Å²) in [6.07, 6.45) is 1.34. The molecule has 2 aromatic carbocycles. The minimum atomic E-state index is -2.34. The van der Waals surface area contributed by atoms with Crippen LogP contribution in [-0.2, 0) is 24.2 Å². The van der Waals surface area contributed by atoms with Crippen LogP contribution in [0.4, 0.5) is 8.78 Å². The van der Waals surface area contributed by atoms with E-state index in [4.69, 9.17) is 8.37 Å². The summed E-state index contributed by atoms with van der Waals surface area (Å²) in [5, 5.41) is 0. The molecule has 0 aliphatic carbocycles. The zero-order valence-electron chi connectivity index (χ0n) is 12.3. The molecule has 0 bridgehead atoms. The molecule has 0 atom stereocenters. The summed E-state index contributed by atoms with van der Waals surface area (Å²) in [5.41, 5.74) is 1.58. The Morgan fingerprint density at radius 3 is 1.59 bits per heavy atom. The normalized spacial score (nSPS) is 10.8. The highest BCUT2D eigenvalue weighted by molar-refractivity contribution is 7.75. The molecule has 0 saturated carbocycles. The molecule has 2 aromatic rings. The lowest BCUT2D eigenvalue weighted by molar-refractivity contribution is 0.429. The minimum Gasteiger partial charge on any atom is -0.368 e. The zero-order valence-corrected chi connectivity index (χ0v) is 13.1. The molecule has 0 saturated heterocycles. The maximum Gasteiger partial charge on any atom is 0.417 e. The van der Waals surface area contributed by atoms with Crippen LogP contribution in [0.3, 0.4) is 0 Å². The SMILES string of the molecule is CCc1ccc(OS(=O)Oc2ccc(CC)cc2F)c(F)c1. The van der Waals surface area contributed by atoms with Crippen LogP contribution in [0.5, 0.6) is 11.5 Å². The van der Waals surface area contributed by atoms with Crippen molar-refractivity contribution in [2.45, 2.75) is 26.7 Å². The molecule has 0 aliphatic heterocycles. The van der Waals surface area contributed by atoms with Gasteiger partial charge in [0.15, 0.2) is 23.1 Å². The highest BCUT2D eigenvalue weighted by Crippen LogP contribution is 2.23. The monoisotopic (exact) mass is 326 g/mol. The van der Waals surface area contributed by atoms with E-state index >= 15 is 0 Å². The zero-order chi connectivity index (χ0) is 16.1. The molecule has 0 N–H and O–H groups in total. The second kappa shape index (κ2) is 7.35. The first-order valence-electron chi connectivity index (χ1n) is 6.88. The molecule has 0 heterocycles. The highest BCUT2D eigenvalue weighted by atomic mass is 32.2. The third-order valence-corrected chi connectivity index (χ3v) is 3.76. The lowest BCUT2D eigenvalue weighted by Gasteiger charge is -2.08. The van der Waals surface area contributed by atoms with Gasteiger partial charge in [0, 0.05) is 0 Å². The van der Waals surface area contributed by atoms with Gasteiger partial charge in [0.2, 0.25) is 0 Å². The van der Waals surface area contributed by atoms with Gasteiger partial charge >= 0.3 is 11.4 Å². The summed E-state index contributed by atoms with van der Waals surface area (Å²) in [6, 6.07) is 8.64. The topological polar surface area (TPSA) is 35.5 Å². The number of hydrogen-bond acceptors (Lipinski definition) is 3. The first-order chi connectivity index (χ1) is 10.5. The van der Waals surface area contributed by atoms with Gasteiger partial charge < -0.3 is 8.37 Å². The predicted molar refractivity (Wildman–Crippen MR) is 81.0 cm³/mol. The quantitative estimate of drug-likeness (QED) is 0.801. The Labute approximate surface area is 130 Å². The van der Waals surface area contributed by atoms with Gasteiger partial charge in [-0.15, -0.1) is 0 Å². The minimum absolute atomic E-state index is 0.207. The summed E-state index contributed by atoms with van der Waals surface area (Å²) < 4.78 is 48.9. The van der Waals surface area contributed by atoms with Crippen LogP contribution in [0.1, 0.15) is 25.0 Å². The van der Waals surface area contributed by atoms with Gasteiger partial charge in [-0.05, 0) is 48.2 Å². The summed E-state index contributed by atoms with van der Waals surface area (Å²) in [7, 11) is 0. The average molecular weight is 326 g/mol. The lowest BCUT2D eigenvalue weighted by Crippen LogP contribution is -2.10. The molecule has 0 aromatic heterocycles. The third-order valence-electron chi connectivity index (χ3n) is 3.12. The molecule has 118 valence electrons. The van der Waals surface area contributed by atoms with Crippen molar-refractivity contribution in [3.63, 3.8) is 0 Å². The van der Waals surface area contributed by atoms with Gasteiger partial charge in [-0.3, -0.25) is 0 Å². The Kier molecular flexibility index (Phi) is 5.49. The van der Waals surface area contributed by atoms with Crippen molar-refractivity contribution in [1.29, 1.82) is 0 Å². The maximum absolute atomic E-state index is 13.7. The second-order valence-electron chi connectivity index (χ2n) is 4.61. The van der Waals surface area contributed by atoms with Gasteiger partial charge in [0.1, 0.15) is 0 Å². The molecule has 0 aliphatic rings. The van der Waals surface area contributed by atoms with Crippen molar-refractivity contribution in [3.8, 4) is 11.5 Å². The van der Waals surface area contributed by atoms with Crippen LogP contribution in [0, 0.1) is 11.6 Å².